The van der Waals surface area contributed by atoms with Crippen LogP contribution in [0.3, 0.4) is 0 Å². The number of alkyl halides is 6. The highest BCUT2D eigenvalue weighted by atomic mass is 19.4. The standard InChI is InChI=1S/C44H40F6N2O2/c1-29(40(53)37-16-6-5-13-34(37)31-20-22-32(23-21-31)44(48,49)50)26-30-19-24-33(51-27-30)12-4-2-3-11-25-42(41(54)52-28-43(45,46)47)38-17-9-7-14-35(38)36-15-8-10-18-39(36)42/h5-10,13-24,27,29H,2-4,11-12,25-26,28H2,1H3,(H,52,54). The fourth-order valence-corrected chi connectivity index (χ4v) is 7.56. The fraction of sp³-hybridized carbons (Fsp3) is 0.295. The fourth-order valence-electron chi connectivity index (χ4n) is 7.56. The summed E-state index contributed by atoms with van der Waals surface area (Å²) in [6.45, 7) is 0.436. The summed E-state index contributed by atoms with van der Waals surface area (Å²) in [6, 6.07) is 30.5. The van der Waals surface area contributed by atoms with Gasteiger partial charge in [-0.2, -0.15) is 26.3 Å². The summed E-state index contributed by atoms with van der Waals surface area (Å²) in [6.07, 6.45) is -2.56. The normalized spacial score (nSPS) is 13.9. The summed E-state index contributed by atoms with van der Waals surface area (Å²) in [5, 5.41) is 2.18. The molecule has 1 N–H and O–H groups in total. The molecule has 280 valence electrons. The number of benzene rings is 4. The van der Waals surface area contributed by atoms with Crippen molar-refractivity contribution in [3.63, 3.8) is 0 Å². The van der Waals surface area contributed by atoms with Crippen LogP contribution in [0.1, 0.15) is 77.3 Å². The molecule has 10 heteroatoms. The van der Waals surface area contributed by atoms with Crippen molar-refractivity contribution < 1.29 is 35.9 Å². The SMILES string of the molecule is CC(Cc1ccc(CCCCCCC2(C(=O)NCC(F)(F)F)c3ccccc3-c3ccccc32)nc1)C(=O)c1ccccc1-c1ccc(C(F)(F)F)cc1. The van der Waals surface area contributed by atoms with Crippen LogP contribution in [-0.2, 0) is 29.2 Å². The van der Waals surface area contributed by atoms with E-state index in [0.29, 0.717) is 36.0 Å². The van der Waals surface area contributed by atoms with E-state index in [-0.39, 0.29) is 5.78 Å². The summed E-state index contributed by atoms with van der Waals surface area (Å²) in [4.78, 5) is 31.8. The number of aryl methyl sites for hydroxylation is 1. The Kier molecular flexibility index (Phi) is 11.4. The highest BCUT2D eigenvalue weighted by Crippen LogP contribution is 2.51. The Balaban J connectivity index is 1.03. The predicted octanol–water partition coefficient (Wildman–Crippen LogP) is 11.0. The number of rotatable bonds is 14. The number of halogens is 6. The Hall–Kier alpha value is -5.25. The number of Topliss-reactive ketones (excluding diaryl/α,β-unsaturated/α-hetero) is 1. The Morgan fingerprint density at radius 1 is 0.704 bits per heavy atom. The van der Waals surface area contributed by atoms with Crippen molar-refractivity contribution in [1.82, 2.24) is 10.3 Å². The molecule has 1 aliphatic rings. The lowest BCUT2D eigenvalue weighted by Gasteiger charge is -2.31. The van der Waals surface area contributed by atoms with Gasteiger partial charge in [0.2, 0.25) is 5.91 Å². The number of hydrogen-bond donors (Lipinski definition) is 1. The molecule has 0 fully saturated rings. The number of nitrogens with one attached hydrogen (secondary N) is 1. The van der Waals surface area contributed by atoms with Gasteiger partial charge in [-0.3, -0.25) is 14.6 Å². The van der Waals surface area contributed by atoms with E-state index in [1.807, 2.05) is 67.6 Å². The summed E-state index contributed by atoms with van der Waals surface area (Å²) < 4.78 is 78.8. The number of ketones is 1. The van der Waals surface area contributed by atoms with Crippen molar-refractivity contribution in [1.29, 1.82) is 0 Å². The van der Waals surface area contributed by atoms with Crippen LogP contribution in [0.25, 0.3) is 22.3 Å². The Morgan fingerprint density at radius 2 is 1.30 bits per heavy atom. The first kappa shape index (κ1) is 38.5. The Morgan fingerprint density at radius 3 is 1.89 bits per heavy atom. The summed E-state index contributed by atoms with van der Waals surface area (Å²) in [5.41, 5.74) is 4.58. The number of amides is 1. The van der Waals surface area contributed by atoms with E-state index in [2.05, 4.69) is 10.3 Å². The van der Waals surface area contributed by atoms with Gasteiger partial charge in [-0.15, -0.1) is 0 Å². The minimum Gasteiger partial charge on any atom is -0.346 e. The van der Waals surface area contributed by atoms with Gasteiger partial charge < -0.3 is 5.32 Å². The molecule has 1 unspecified atom stereocenters. The molecule has 54 heavy (non-hydrogen) atoms. The molecule has 5 aromatic rings. The maximum Gasteiger partial charge on any atom is 0.416 e. The van der Waals surface area contributed by atoms with Gasteiger partial charge in [-0.25, -0.2) is 0 Å². The third-order valence-corrected chi connectivity index (χ3v) is 10.2. The van der Waals surface area contributed by atoms with Crippen LogP contribution in [-0.4, -0.2) is 29.4 Å². The maximum absolute atomic E-state index is 13.7. The van der Waals surface area contributed by atoms with Gasteiger partial charge in [0.1, 0.15) is 12.0 Å². The number of carbonyl (C=O) groups excluding carboxylic acids is 2. The van der Waals surface area contributed by atoms with E-state index in [4.69, 9.17) is 0 Å². The van der Waals surface area contributed by atoms with Crippen LogP contribution in [0.5, 0.6) is 0 Å². The van der Waals surface area contributed by atoms with Crippen LogP contribution >= 0.6 is 0 Å². The zero-order valence-electron chi connectivity index (χ0n) is 29.7. The molecular formula is C44H40F6N2O2. The summed E-state index contributed by atoms with van der Waals surface area (Å²) in [7, 11) is 0. The number of carbonyl (C=O) groups is 2. The lowest BCUT2D eigenvalue weighted by Crippen LogP contribution is -2.47. The van der Waals surface area contributed by atoms with E-state index in [1.165, 1.54) is 12.1 Å². The van der Waals surface area contributed by atoms with Crippen molar-refractivity contribution in [2.45, 2.75) is 69.6 Å². The molecule has 0 spiro atoms. The van der Waals surface area contributed by atoms with Crippen LogP contribution < -0.4 is 5.32 Å². The number of pyridine rings is 1. The lowest BCUT2D eigenvalue weighted by molar-refractivity contribution is -0.141. The van der Waals surface area contributed by atoms with Crippen LogP contribution in [0, 0.1) is 5.92 Å². The largest absolute Gasteiger partial charge is 0.416 e. The maximum atomic E-state index is 13.7. The lowest BCUT2D eigenvalue weighted by atomic mass is 9.73. The van der Waals surface area contributed by atoms with Gasteiger partial charge >= 0.3 is 12.4 Å². The number of unbranched alkanes of at least 4 members (excludes halogenated alkanes) is 3. The summed E-state index contributed by atoms with van der Waals surface area (Å²) >= 11 is 0. The van der Waals surface area contributed by atoms with Gasteiger partial charge in [-0.05, 0) is 82.8 Å². The quantitative estimate of drug-likeness (QED) is 0.0700. The topological polar surface area (TPSA) is 59.1 Å². The number of nitrogens with zero attached hydrogens (tertiary/aromatic N) is 1. The highest BCUT2D eigenvalue weighted by molar-refractivity contribution is 6.03. The average Bonchev–Trinajstić information content (AvgIpc) is 3.45. The third-order valence-electron chi connectivity index (χ3n) is 10.2. The number of hydrogen-bond acceptors (Lipinski definition) is 3. The third kappa shape index (κ3) is 8.43. The molecule has 1 atom stereocenters. The molecule has 0 saturated heterocycles. The van der Waals surface area contributed by atoms with Gasteiger partial charge in [0.15, 0.2) is 5.78 Å². The molecule has 1 amide bonds. The second kappa shape index (κ2) is 16.0. The number of fused-ring (bicyclic) bond motifs is 3. The van der Waals surface area contributed by atoms with Crippen molar-refractivity contribution >= 4 is 11.7 Å². The molecule has 4 aromatic carbocycles. The first-order chi connectivity index (χ1) is 25.8. The molecule has 6 rings (SSSR count). The zero-order valence-corrected chi connectivity index (χ0v) is 29.7. The zero-order chi connectivity index (χ0) is 38.5. The van der Waals surface area contributed by atoms with E-state index in [9.17, 15) is 35.9 Å². The van der Waals surface area contributed by atoms with E-state index < -0.39 is 41.7 Å². The summed E-state index contributed by atoms with van der Waals surface area (Å²) in [5.74, 6) is -1.15. The Bertz CT molecular complexity index is 2040. The Labute approximate surface area is 310 Å². The molecule has 4 nitrogen and oxygen atoms in total. The van der Waals surface area contributed by atoms with Crippen molar-refractivity contribution in [3.8, 4) is 22.3 Å². The molecule has 1 aromatic heterocycles. The minimum atomic E-state index is -4.52. The van der Waals surface area contributed by atoms with Gasteiger partial charge in [0.05, 0.1) is 5.56 Å². The second-order valence-corrected chi connectivity index (χ2v) is 14.0. The van der Waals surface area contributed by atoms with Crippen molar-refractivity contribution in [3.05, 3.63) is 149 Å². The van der Waals surface area contributed by atoms with Crippen LogP contribution in [0.15, 0.2) is 115 Å². The second-order valence-electron chi connectivity index (χ2n) is 14.0. The van der Waals surface area contributed by atoms with Crippen molar-refractivity contribution in [2.75, 3.05) is 6.54 Å². The van der Waals surface area contributed by atoms with Crippen molar-refractivity contribution in [2.24, 2.45) is 5.92 Å². The molecule has 0 saturated carbocycles. The average molecular weight is 743 g/mol. The van der Waals surface area contributed by atoms with Gasteiger partial charge in [0, 0.05) is 23.4 Å². The predicted molar refractivity (Wildman–Crippen MR) is 197 cm³/mol. The number of aromatic nitrogens is 1. The van der Waals surface area contributed by atoms with E-state index in [0.717, 1.165) is 71.3 Å². The first-order valence-corrected chi connectivity index (χ1v) is 18.1. The van der Waals surface area contributed by atoms with E-state index in [1.54, 1.807) is 30.5 Å². The molecular weight excluding hydrogens is 702 g/mol. The van der Waals surface area contributed by atoms with E-state index >= 15 is 0 Å². The van der Waals surface area contributed by atoms with Gasteiger partial charge in [-0.1, -0.05) is 117 Å². The minimum absolute atomic E-state index is 0.112. The van der Waals surface area contributed by atoms with Crippen LogP contribution in [0.2, 0.25) is 0 Å². The smallest absolute Gasteiger partial charge is 0.346 e. The molecule has 0 radical (unpaired) electrons. The molecule has 1 aliphatic carbocycles. The molecule has 0 bridgehead atoms. The molecule has 1 heterocycles. The monoisotopic (exact) mass is 742 g/mol. The molecule has 0 aliphatic heterocycles. The van der Waals surface area contributed by atoms with Gasteiger partial charge in [0.25, 0.3) is 0 Å². The first-order valence-electron chi connectivity index (χ1n) is 18.1. The highest BCUT2D eigenvalue weighted by Gasteiger charge is 2.49. The van der Waals surface area contributed by atoms with Crippen LogP contribution in [0.4, 0.5) is 26.3 Å².